The van der Waals surface area contributed by atoms with E-state index in [0.717, 1.165) is 21.6 Å². The number of carboxylic acids is 2. The van der Waals surface area contributed by atoms with E-state index in [0.29, 0.717) is 11.3 Å². The van der Waals surface area contributed by atoms with Gasteiger partial charge in [0.2, 0.25) is 0 Å². The summed E-state index contributed by atoms with van der Waals surface area (Å²) < 4.78 is 0.0364. The zero-order valence-electron chi connectivity index (χ0n) is 13.3. The smallest absolute Gasteiger partial charge is 0.326 e. The van der Waals surface area contributed by atoms with Crippen LogP contribution >= 0.6 is 24.0 Å². The number of fused-ring (bicyclic) bond motifs is 1. The molecule has 2 amide bonds. The van der Waals surface area contributed by atoms with Crippen molar-refractivity contribution in [2.24, 2.45) is 0 Å². The SMILES string of the molecule is C[C@@H](C(=O)O)N1C(=O)/C(=C2\C(=O)N(CC(=O)O)c3ccccc32)SC1=S. The third-order valence-electron chi connectivity index (χ3n) is 3.99. The molecule has 10 heteroatoms. The molecule has 3 rings (SSSR count). The third kappa shape index (κ3) is 2.76. The minimum Gasteiger partial charge on any atom is -0.480 e. The highest BCUT2D eigenvalue weighted by atomic mass is 32.2. The first-order chi connectivity index (χ1) is 12.2. The average Bonchev–Trinajstić information content (AvgIpc) is 3.01. The van der Waals surface area contributed by atoms with Gasteiger partial charge in [-0.2, -0.15) is 0 Å². The second kappa shape index (κ2) is 6.54. The Bertz CT molecular complexity index is 910. The van der Waals surface area contributed by atoms with Crippen LogP contribution < -0.4 is 4.90 Å². The molecule has 1 saturated heterocycles. The lowest BCUT2D eigenvalue weighted by Crippen LogP contribution is -2.41. The van der Waals surface area contributed by atoms with Gasteiger partial charge >= 0.3 is 11.9 Å². The summed E-state index contributed by atoms with van der Waals surface area (Å²) in [7, 11) is 0. The van der Waals surface area contributed by atoms with Gasteiger partial charge in [0.15, 0.2) is 0 Å². The monoisotopic (exact) mass is 392 g/mol. The number of nitrogens with zero attached hydrogens (tertiary/aromatic N) is 2. The number of benzene rings is 1. The third-order valence-corrected chi connectivity index (χ3v) is 5.39. The molecule has 1 fully saturated rings. The molecule has 2 N–H and O–H groups in total. The Morgan fingerprint density at radius 3 is 2.46 bits per heavy atom. The molecule has 0 aliphatic carbocycles. The van der Waals surface area contributed by atoms with Crippen LogP contribution in [0.2, 0.25) is 0 Å². The molecule has 0 spiro atoms. The normalized spacial score (nSPS) is 20.6. The van der Waals surface area contributed by atoms with Crippen LogP contribution in [0, 0.1) is 0 Å². The number of para-hydroxylation sites is 1. The topological polar surface area (TPSA) is 115 Å². The second-order valence-electron chi connectivity index (χ2n) is 5.56. The number of aliphatic carboxylic acids is 2. The summed E-state index contributed by atoms with van der Waals surface area (Å²) in [5.41, 5.74) is 0.841. The Kier molecular flexibility index (Phi) is 4.55. The van der Waals surface area contributed by atoms with Gasteiger partial charge < -0.3 is 10.2 Å². The van der Waals surface area contributed by atoms with Crippen molar-refractivity contribution in [1.29, 1.82) is 0 Å². The van der Waals surface area contributed by atoms with Gasteiger partial charge in [0.1, 0.15) is 16.9 Å². The minimum atomic E-state index is -1.22. The van der Waals surface area contributed by atoms with E-state index in [1.54, 1.807) is 24.3 Å². The van der Waals surface area contributed by atoms with Crippen molar-refractivity contribution in [3.63, 3.8) is 0 Å². The highest BCUT2D eigenvalue weighted by molar-refractivity contribution is 8.26. The van der Waals surface area contributed by atoms with Gasteiger partial charge in [-0.3, -0.25) is 24.2 Å². The number of hydrogen-bond donors (Lipinski definition) is 2. The van der Waals surface area contributed by atoms with E-state index in [9.17, 15) is 19.2 Å². The zero-order valence-corrected chi connectivity index (χ0v) is 15.0. The molecule has 2 aliphatic heterocycles. The molecule has 1 aromatic rings. The molecular weight excluding hydrogens is 380 g/mol. The van der Waals surface area contributed by atoms with Crippen molar-refractivity contribution in [3.05, 3.63) is 34.7 Å². The summed E-state index contributed by atoms with van der Waals surface area (Å²) in [5, 5.41) is 18.2. The van der Waals surface area contributed by atoms with E-state index in [1.807, 2.05) is 0 Å². The Balaban J connectivity index is 2.12. The molecule has 26 heavy (non-hydrogen) atoms. The number of thiocarbonyl (C=S) groups is 1. The Hall–Kier alpha value is -2.72. The quantitative estimate of drug-likeness (QED) is 0.579. The van der Waals surface area contributed by atoms with Gasteiger partial charge in [-0.15, -0.1) is 0 Å². The molecule has 134 valence electrons. The van der Waals surface area contributed by atoms with E-state index in [1.165, 1.54) is 6.92 Å². The molecular formula is C16H12N2O6S2. The van der Waals surface area contributed by atoms with Gasteiger partial charge in [0.25, 0.3) is 11.8 Å². The highest BCUT2D eigenvalue weighted by Crippen LogP contribution is 2.44. The van der Waals surface area contributed by atoms with Crippen LogP contribution in [0.5, 0.6) is 0 Å². The summed E-state index contributed by atoms with van der Waals surface area (Å²) >= 11 is 5.96. The first-order valence-electron chi connectivity index (χ1n) is 7.39. The molecule has 2 heterocycles. The summed E-state index contributed by atoms with van der Waals surface area (Å²) in [4.78, 5) is 49.9. The fraction of sp³-hybridized carbons (Fsp3) is 0.188. The number of hydrogen-bond acceptors (Lipinski definition) is 6. The lowest BCUT2D eigenvalue weighted by Gasteiger charge is -2.18. The van der Waals surface area contributed by atoms with Crippen LogP contribution in [-0.2, 0) is 19.2 Å². The van der Waals surface area contributed by atoms with E-state index >= 15 is 0 Å². The Labute approximate surface area is 157 Å². The van der Waals surface area contributed by atoms with Crippen LogP contribution in [0.4, 0.5) is 5.69 Å². The van der Waals surface area contributed by atoms with E-state index in [-0.39, 0.29) is 14.8 Å². The molecule has 0 radical (unpaired) electrons. The van der Waals surface area contributed by atoms with Crippen molar-refractivity contribution in [2.75, 3.05) is 11.4 Å². The number of anilines is 1. The van der Waals surface area contributed by atoms with Crippen molar-refractivity contribution in [3.8, 4) is 0 Å². The molecule has 0 saturated carbocycles. The Morgan fingerprint density at radius 1 is 1.19 bits per heavy atom. The lowest BCUT2D eigenvalue weighted by atomic mass is 10.1. The molecule has 0 aromatic heterocycles. The van der Waals surface area contributed by atoms with Crippen molar-refractivity contribution in [2.45, 2.75) is 13.0 Å². The molecule has 0 bridgehead atoms. The number of carbonyl (C=O) groups excluding carboxylic acids is 2. The average molecular weight is 392 g/mol. The second-order valence-corrected chi connectivity index (χ2v) is 7.21. The van der Waals surface area contributed by atoms with Crippen LogP contribution in [0.25, 0.3) is 5.57 Å². The molecule has 2 aliphatic rings. The van der Waals surface area contributed by atoms with Crippen LogP contribution in [0.1, 0.15) is 12.5 Å². The van der Waals surface area contributed by atoms with Crippen LogP contribution in [-0.4, -0.2) is 55.8 Å². The fourth-order valence-electron chi connectivity index (χ4n) is 2.77. The summed E-state index contributed by atoms with van der Waals surface area (Å²) in [6, 6.07) is 5.34. The lowest BCUT2D eigenvalue weighted by molar-refractivity contribution is -0.144. The van der Waals surface area contributed by atoms with Crippen LogP contribution in [0.3, 0.4) is 0 Å². The van der Waals surface area contributed by atoms with Crippen molar-refractivity contribution in [1.82, 2.24) is 4.90 Å². The highest BCUT2D eigenvalue weighted by Gasteiger charge is 2.44. The zero-order chi connectivity index (χ0) is 19.2. The number of carboxylic acid groups (broad SMARTS) is 2. The number of thioether (sulfide) groups is 1. The van der Waals surface area contributed by atoms with E-state index in [4.69, 9.17) is 22.4 Å². The predicted molar refractivity (Wildman–Crippen MR) is 97.5 cm³/mol. The summed E-state index contributed by atoms with van der Waals surface area (Å²) in [6.45, 7) is 0.771. The first kappa shape index (κ1) is 18.1. The molecule has 1 atom stereocenters. The molecule has 1 aromatic carbocycles. The first-order valence-corrected chi connectivity index (χ1v) is 8.62. The van der Waals surface area contributed by atoms with Gasteiger partial charge in [0, 0.05) is 5.56 Å². The van der Waals surface area contributed by atoms with Gasteiger partial charge in [-0.05, 0) is 13.0 Å². The largest absolute Gasteiger partial charge is 0.480 e. The molecule has 0 unspecified atom stereocenters. The Morgan fingerprint density at radius 2 is 1.85 bits per heavy atom. The maximum Gasteiger partial charge on any atom is 0.326 e. The van der Waals surface area contributed by atoms with E-state index < -0.39 is 36.3 Å². The fourth-order valence-corrected chi connectivity index (χ4v) is 4.26. The minimum absolute atomic E-state index is 0.00781. The maximum atomic E-state index is 12.8. The molecule has 8 nitrogen and oxygen atoms in total. The van der Waals surface area contributed by atoms with Crippen molar-refractivity contribution < 1.29 is 29.4 Å². The van der Waals surface area contributed by atoms with Gasteiger partial charge in [-0.25, -0.2) is 4.79 Å². The number of amides is 2. The number of rotatable bonds is 4. The van der Waals surface area contributed by atoms with E-state index in [2.05, 4.69) is 0 Å². The van der Waals surface area contributed by atoms with Gasteiger partial charge in [-0.1, -0.05) is 42.2 Å². The standard InChI is InChI=1S/C16H12N2O6S2/c1-7(15(23)24)18-14(22)12(26-16(18)25)11-8-4-2-3-5-9(8)17(13(11)21)6-10(19)20/h2-5,7H,6H2,1H3,(H,19,20)(H,23,24)/b12-11+/t7-/m0/s1. The predicted octanol–water partition coefficient (Wildman–Crippen LogP) is 1.16. The maximum absolute atomic E-state index is 12.8. The number of carbonyl (C=O) groups is 4. The van der Waals surface area contributed by atoms with Gasteiger partial charge in [0.05, 0.1) is 16.2 Å². The summed E-state index contributed by atoms with van der Waals surface area (Å²) in [5.74, 6) is -3.72. The van der Waals surface area contributed by atoms with Crippen molar-refractivity contribution >= 4 is 63.3 Å². The summed E-state index contributed by atoms with van der Waals surface area (Å²) in [6.07, 6.45) is 0. The van der Waals surface area contributed by atoms with Crippen LogP contribution in [0.15, 0.2) is 29.2 Å².